The SMILES string of the molecule is CCOc1ccc(-c2cnc(CNC)[nH]2)cc1Cl. The summed E-state index contributed by atoms with van der Waals surface area (Å²) in [5, 5.41) is 3.66. The molecule has 1 aromatic carbocycles. The summed E-state index contributed by atoms with van der Waals surface area (Å²) in [4.78, 5) is 7.51. The highest BCUT2D eigenvalue weighted by Gasteiger charge is 2.06. The molecule has 0 bridgehead atoms. The summed E-state index contributed by atoms with van der Waals surface area (Å²) < 4.78 is 5.40. The Labute approximate surface area is 111 Å². The number of hydrogen-bond donors (Lipinski definition) is 2. The van der Waals surface area contributed by atoms with E-state index in [1.165, 1.54) is 0 Å². The molecular weight excluding hydrogens is 250 g/mol. The predicted molar refractivity (Wildman–Crippen MR) is 73.0 cm³/mol. The number of rotatable bonds is 5. The normalized spacial score (nSPS) is 10.6. The molecule has 0 aliphatic heterocycles. The zero-order valence-electron chi connectivity index (χ0n) is 10.5. The van der Waals surface area contributed by atoms with Crippen LogP contribution in [-0.4, -0.2) is 23.6 Å². The van der Waals surface area contributed by atoms with Gasteiger partial charge in [0.15, 0.2) is 0 Å². The molecule has 5 heteroatoms. The minimum Gasteiger partial charge on any atom is -0.492 e. The number of H-pyrrole nitrogens is 1. The lowest BCUT2D eigenvalue weighted by Crippen LogP contribution is -2.06. The van der Waals surface area contributed by atoms with Gasteiger partial charge in [0.1, 0.15) is 11.6 Å². The first-order valence-electron chi connectivity index (χ1n) is 5.85. The number of halogens is 1. The third-order valence-electron chi connectivity index (χ3n) is 2.52. The van der Waals surface area contributed by atoms with Gasteiger partial charge in [-0.25, -0.2) is 4.98 Å². The number of nitrogens with one attached hydrogen (secondary N) is 2. The fraction of sp³-hybridized carbons (Fsp3) is 0.308. The number of aromatic nitrogens is 2. The van der Waals surface area contributed by atoms with Crippen molar-refractivity contribution >= 4 is 11.6 Å². The Hall–Kier alpha value is -1.52. The van der Waals surface area contributed by atoms with Gasteiger partial charge < -0.3 is 15.0 Å². The highest BCUT2D eigenvalue weighted by molar-refractivity contribution is 6.32. The van der Waals surface area contributed by atoms with Gasteiger partial charge in [-0.05, 0) is 32.2 Å². The minimum absolute atomic E-state index is 0.607. The van der Waals surface area contributed by atoms with Crippen LogP contribution in [0.15, 0.2) is 24.4 Å². The van der Waals surface area contributed by atoms with Crippen molar-refractivity contribution in [2.45, 2.75) is 13.5 Å². The Bertz CT molecular complexity index is 525. The maximum Gasteiger partial charge on any atom is 0.137 e. The Balaban J connectivity index is 2.24. The van der Waals surface area contributed by atoms with E-state index >= 15 is 0 Å². The third kappa shape index (κ3) is 2.83. The molecule has 4 nitrogen and oxygen atoms in total. The second kappa shape index (κ2) is 5.89. The van der Waals surface area contributed by atoms with Crippen LogP contribution in [0.25, 0.3) is 11.3 Å². The quantitative estimate of drug-likeness (QED) is 0.874. The van der Waals surface area contributed by atoms with Crippen LogP contribution in [-0.2, 0) is 6.54 Å². The van der Waals surface area contributed by atoms with E-state index in [1.807, 2.05) is 32.2 Å². The zero-order chi connectivity index (χ0) is 13.0. The van der Waals surface area contributed by atoms with Gasteiger partial charge in [-0.3, -0.25) is 0 Å². The Morgan fingerprint density at radius 2 is 2.28 bits per heavy atom. The maximum atomic E-state index is 6.15. The molecule has 0 saturated heterocycles. The smallest absolute Gasteiger partial charge is 0.137 e. The largest absolute Gasteiger partial charge is 0.492 e. The zero-order valence-corrected chi connectivity index (χ0v) is 11.2. The van der Waals surface area contributed by atoms with Crippen LogP contribution in [0.2, 0.25) is 5.02 Å². The summed E-state index contributed by atoms with van der Waals surface area (Å²) in [6, 6.07) is 5.72. The van der Waals surface area contributed by atoms with Crippen molar-refractivity contribution in [3.8, 4) is 17.0 Å². The Morgan fingerprint density at radius 3 is 2.94 bits per heavy atom. The van der Waals surface area contributed by atoms with Crippen LogP contribution < -0.4 is 10.1 Å². The number of aromatic amines is 1. The van der Waals surface area contributed by atoms with Crippen LogP contribution in [0, 0.1) is 0 Å². The summed E-state index contributed by atoms with van der Waals surface area (Å²) in [6.07, 6.45) is 1.80. The van der Waals surface area contributed by atoms with Gasteiger partial charge in [-0.2, -0.15) is 0 Å². The van der Waals surface area contributed by atoms with E-state index in [2.05, 4.69) is 15.3 Å². The van der Waals surface area contributed by atoms with Crippen molar-refractivity contribution in [1.29, 1.82) is 0 Å². The van der Waals surface area contributed by atoms with E-state index < -0.39 is 0 Å². The number of hydrogen-bond acceptors (Lipinski definition) is 3. The number of nitrogens with zero attached hydrogens (tertiary/aromatic N) is 1. The van der Waals surface area contributed by atoms with Gasteiger partial charge in [-0.1, -0.05) is 11.6 Å². The highest BCUT2D eigenvalue weighted by atomic mass is 35.5. The van der Waals surface area contributed by atoms with Gasteiger partial charge in [0.05, 0.1) is 30.1 Å². The average molecular weight is 266 g/mol. The molecule has 0 aliphatic rings. The van der Waals surface area contributed by atoms with Gasteiger partial charge in [0, 0.05) is 5.56 Å². The van der Waals surface area contributed by atoms with Gasteiger partial charge in [0.25, 0.3) is 0 Å². The standard InChI is InChI=1S/C13H16ClN3O/c1-3-18-12-5-4-9(6-10(12)14)11-7-16-13(17-11)8-15-2/h4-7,15H,3,8H2,1-2H3,(H,16,17). The Kier molecular flexibility index (Phi) is 4.23. The third-order valence-corrected chi connectivity index (χ3v) is 2.81. The molecule has 0 unspecified atom stereocenters. The van der Waals surface area contributed by atoms with E-state index in [0.717, 1.165) is 17.1 Å². The molecule has 1 heterocycles. The number of imidazole rings is 1. The van der Waals surface area contributed by atoms with E-state index in [0.29, 0.717) is 23.9 Å². The predicted octanol–water partition coefficient (Wildman–Crippen LogP) is 2.85. The second-order valence-electron chi connectivity index (χ2n) is 3.85. The molecule has 0 spiro atoms. The van der Waals surface area contributed by atoms with E-state index in [9.17, 15) is 0 Å². The summed E-state index contributed by atoms with van der Waals surface area (Å²) in [7, 11) is 1.88. The van der Waals surface area contributed by atoms with Crippen molar-refractivity contribution in [1.82, 2.24) is 15.3 Å². The van der Waals surface area contributed by atoms with Gasteiger partial charge >= 0.3 is 0 Å². The molecule has 96 valence electrons. The molecule has 0 fully saturated rings. The fourth-order valence-corrected chi connectivity index (χ4v) is 1.94. The lowest BCUT2D eigenvalue weighted by molar-refractivity contribution is 0.340. The molecular formula is C13H16ClN3O. The second-order valence-corrected chi connectivity index (χ2v) is 4.26. The average Bonchev–Trinajstić information content (AvgIpc) is 2.81. The van der Waals surface area contributed by atoms with E-state index in [4.69, 9.17) is 16.3 Å². The molecule has 0 aliphatic carbocycles. The topological polar surface area (TPSA) is 49.9 Å². The lowest BCUT2D eigenvalue weighted by atomic mass is 10.1. The molecule has 0 amide bonds. The Morgan fingerprint density at radius 1 is 1.44 bits per heavy atom. The molecule has 1 aromatic heterocycles. The fourth-order valence-electron chi connectivity index (χ4n) is 1.71. The number of benzene rings is 1. The van der Waals surface area contributed by atoms with Crippen LogP contribution in [0.5, 0.6) is 5.75 Å². The first-order chi connectivity index (χ1) is 8.74. The van der Waals surface area contributed by atoms with Gasteiger partial charge in [-0.15, -0.1) is 0 Å². The van der Waals surface area contributed by atoms with Crippen LogP contribution >= 0.6 is 11.6 Å². The molecule has 0 saturated carbocycles. The minimum atomic E-state index is 0.607. The first-order valence-corrected chi connectivity index (χ1v) is 6.23. The molecule has 0 radical (unpaired) electrons. The maximum absolute atomic E-state index is 6.15. The van der Waals surface area contributed by atoms with Crippen molar-refractivity contribution < 1.29 is 4.74 Å². The summed E-state index contributed by atoms with van der Waals surface area (Å²) >= 11 is 6.15. The highest BCUT2D eigenvalue weighted by Crippen LogP contribution is 2.29. The lowest BCUT2D eigenvalue weighted by Gasteiger charge is -2.06. The molecule has 2 aromatic rings. The van der Waals surface area contributed by atoms with Crippen molar-refractivity contribution in [2.24, 2.45) is 0 Å². The van der Waals surface area contributed by atoms with E-state index in [-0.39, 0.29) is 0 Å². The van der Waals surface area contributed by atoms with Crippen LogP contribution in [0.1, 0.15) is 12.7 Å². The molecule has 18 heavy (non-hydrogen) atoms. The monoisotopic (exact) mass is 265 g/mol. The van der Waals surface area contributed by atoms with Gasteiger partial charge in [0.2, 0.25) is 0 Å². The molecule has 2 N–H and O–H groups in total. The van der Waals surface area contributed by atoms with Crippen LogP contribution in [0.4, 0.5) is 0 Å². The summed E-state index contributed by atoms with van der Waals surface area (Å²) in [5.41, 5.74) is 1.95. The van der Waals surface area contributed by atoms with Crippen molar-refractivity contribution in [3.05, 3.63) is 35.2 Å². The molecule has 2 rings (SSSR count). The summed E-state index contributed by atoms with van der Waals surface area (Å²) in [5.74, 6) is 1.61. The molecule has 0 atom stereocenters. The van der Waals surface area contributed by atoms with Crippen molar-refractivity contribution in [2.75, 3.05) is 13.7 Å². The van der Waals surface area contributed by atoms with Crippen LogP contribution in [0.3, 0.4) is 0 Å². The first kappa shape index (κ1) is 12.9. The summed E-state index contributed by atoms with van der Waals surface area (Å²) in [6.45, 7) is 3.25. The van der Waals surface area contributed by atoms with E-state index in [1.54, 1.807) is 6.20 Å². The number of ether oxygens (including phenoxy) is 1. The van der Waals surface area contributed by atoms with Crippen molar-refractivity contribution in [3.63, 3.8) is 0 Å².